The molecule has 32 heavy (non-hydrogen) atoms. The molecule has 1 heterocycles. The second-order valence-corrected chi connectivity index (χ2v) is 7.43. The molecule has 1 amide bonds. The number of hydrogen-bond donors (Lipinski definition) is 1. The monoisotopic (exact) mass is 422 g/mol. The molecule has 158 valence electrons. The highest BCUT2D eigenvalue weighted by atomic mass is 16.5. The Morgan fingerprint density at radius 1 is 1.12 bits per heavy atom. The summed E-state index contributed by atoms with van der Waals surface area (Å²) in [5.74, 6) is 1.26. The normalized spacial score (nSPS) is 10.4. The predicted octanol–water partition coefficient (Wildman–Crippen LogP) is 5.10. The van der Waals surface area contributed by atoms with Crippen LogP contribution in [0.15, 0.2) is 79.1 Å². The van der Waals surface area contributed by atoms with Crippen molar-refractivity contribution in [1.82, 2.24) is 9.55 Å². The average Bonchev–Trinajstić information content (AvgIpc) is 3.25. The van der Waals surface area contributed by atoms with Gasteiger partial charge in [0, 0.05) is 41.8 Å². The second-order valence-electron chi connectivity index (χ2n) is 7.43. The molecule has 4 aromatic rings. The molecule has 4 rings (SSSR count). The number of nitrogens with zero attached hydrogens (tertiary/aromatic N) is 3. The Morgan fingerprint density at radius 2 is 1.91 bits per heavy atom. The van der Waals surface area contributed by atoms with E-state index in [9.17, 15) is 10.1 Å². The molecule has 6 nitrogen and oxygen atoms in total. The minimum Gasteiger partial charge on any atom is -0.489 e. The van der Waals surface area contributed by atoms with Gasteiger partial charge in [-0.2, -0.15) is 5.26 Å². The molecule has 1 N–H and O–H groups in total. The number of rotatable bonds is 6. The van der Waals surface area contributed by atoms with Gasteiger partial charge in [-0.15, -0.1) is 0 Å². The van der Waals surface area contributed by atoms with Crippen LogP contribution in [-0.4, -0.2) is 15.5 Å². The minimum atomic E-state index is -0.202. The number of anilines is 1. The molecule has 0 fully saturated rings. The SMILES string of the molecule is Cc1ccc(-c2nccn2C)cc1NC(=O)c1ccc(OCc2ccccc2C#N)cc1. The molecule has 0 aliphatic rings. The second kappa shape index (κ2) is 9.19. The number of nitrogens with one attached hydrogen (secondary N) is 1. The maximum Gasteiger partial charge on any atom is 0.255 e. The summed E-state index contributed by atoms with van der Waals surface area (Å²) in [4.78, 5) is 17.2. The van der Waals surface area contributed by atoms with Crippen LogP contribution < -0.4 is 10.1 Å². The molecule has 0 unspecified atom stereocenters. The highest BCUT2D eigenvalue weighted by Crippen LogP contribution is 2.25. The van der Waals surface area contributed by atoms with Crippen molar-refractivity contribution in [1.29, 1.82) is 5.26 Å². The summed E-state index contributed by atoms with van der Waals surface area (Å²) in [5.41, 5.74) is 4.57. The van der Waals surface area contributed by atoms with Crippen molar-refractivity contribution in [3.63, 3.8) is 0 Å². The van der Waals surface area contributed by atoms with Crippen LogP contribution in [0.3, 0.4) is 0 Å². The molecule has 1 aromatic heterocycles. The zero-order chi connectivity index (χ0) is 22.5. The Kier molecular flexibility index (Phi) is 6.00. The largest absolute Gasteiger partial charge is 0.489 e. The van der Waals surface area contributed by atoms with E-state index in [0.29, 0.717) is 16.9 Å². The van der Waals surface area contributed by atoms with E-state index in [1.807, 2.05) is 61.1 Å². The number of amides is 1. The summed E-state index contributed by atoms with van der Waals surface area (Å²) < 4.78 is 7.72. The van der Waals surface area contributed by atoms with Crippen LogP contribution >= 0.6 is 0 Å². The fourth-order valence-corrected chi connectivity index (χ4v) is 3.35. The maximum absolute atomic E-state index is 12.8. The van der Waals surface area contributed by atoms with Crippen LogP contribution in [0.25, 0.3) is 11.4 Å². The van der Waals surface area contributed by atoms with Crippen LogP contribution in [0.1, 0.15) is 27.0 Å². The van der Waals surface area contributed by atoms with Gasteiger partial charge in [0.1, 0.15) is 18.2 Å². The molecule has 6 heteroatoms. The summed E-state index contributed by atoms with van der Waals surface area (Å²) in [6.07, 6.45) is 3.63. The van der Waals surface area contributed by atoms with Gasteiger partial charge in [0.2, 0.25) is 0 Å². The molecule has 0 saturated carbocycles. The maximum atomic E-state index is 12.8. The van der Waals surface area contributed by atoms with Gasteiger partial charge in [0.25, 0.3) is 5.91 Å². The Morgan fingerprint density at radius 3 is 2.62 bits per heavy atom. The van der Waals surface area contributed by atoms with E-state index >= 15 is 0 Å². The smallest absolute Gasteiger partial charge is 0.255 e. The quantitative estimate of drug-likeness (QED) is 0.469. The third kappa shape index (κ3) is 4.52. The molecular weight excluding hydrogens is 400 g/mol. The van der Waals surface area contributed by atoms with E-state index in [0.717, 1.165) is 28.2 Å². The summed E-state index contributed by atoms with van der Waals surface area (Å²) in [6, 6.07) is 22.3. The number of imidazole rings is 1. The topological polar surface area (TPSA) is 79.9 Å². The summed E-state index contributed by atoms with van der Waals surface area (Å²) in [5, 5.41) is 12.2. The lowest BCUT2D eigenvalue weighted by atomic mass is 10.1. The van der Waals surface area contributed by atoms with Gasteiger partial charge >= 0.3 is 0 Å². The van der Waals surface area contributed by atoms with Crippen molar-refractivity contribution in [3.8, 4) is 23.2 Å². The molecule has 0 atom stereocenters. The fraction of sp³-hybridized carbons (Fsp3) is 0.115. The van der Waals surface area contributed by atoms with Gasteiger partial charge in [-0.3, -0.25) is 4.79 Å². The lowest BCUT2D eigenvalue weighted by molar-refractivity contribution is 0.102. The van der Waals surface area contributed by atoms with Gasteiger partial charge in [-0.05, 0) is 48.9 Å². The van der Waals surface area contributed by atoms with Crippen molar-refractivity contribution in [2.45, 2.75) is 13.5 Å². The first-order valence-corrected chi connectivity index (χ1v) is 10.2. The zero-order valence-corrected chi connectivity index (χ0v) is 17.9. The Hall–Kier alpha value is -4.37. The number of ether oxygens (including phenoxy) is 1. The van der Waals surface area contributed by atoms with Crippen LogP contribution in [0, 0.1) is 18.3 Å². The van der Waals surface area contributed by atoms with Crippen molar-refractivity contribution < 1.29 is 9.53 Å². The number of hydrogen-bond acceptors (Lipinski definition) is 4. The highest BCUT2D eigenvalue weighted by molar-refractivity contribution is 6.05. The Labute approximate surface area is 186 Å². The van der Waals surface area contributed by atoms with E-state index in [-0.39, 0.29) is 12.5 Å². The number of aromatic nitrogens is 2. The average molecular weight is 422 g/mol. The van der Waals surface area contributed by atoms with Crippen molar-refractivity contribution >= 4 is 11.6 Å². The van der Waals surface area contributed by atoms with Crippen molar-refractivity contribution in [3.05, 3.63) is 101 Å². The van der Waals surface area contributed by atoms with E-state index in [1.165, 1.54) is 0 Å². The van der Waals surface area contributed by atoms with Gasteiger partial charge in [-0.25, -0.2) is 4.98 Å². The number of aryl methyl sites for hydroxylation is 2. The van der Waals surface area contributed by atoms with E-state index in [2.05, 4.69) is 16.4 Å². The van der Waals surface area contributed by atoms with E-state index in [1.54, 1.807) is 36.5 Å². The third-order valence-electron chi connectivity index (χ3n) is 5.21. The number of carbonyl (C=O) groups is 1. The van der Waals surface area contributed by atoms with Crippen LogP contribution in [0.4, 0.5) is 5.69 Å². The van der Waals surface area contributed by atoms with Crippen LogP contribution in [0.2, 0.25) is 0 Å². The molecule has 0 spiro atoms. The first-order valence-electron chi connectivity index (χ1n) is 10.2. The van der Waals surface area contributed by atoms with Gasteiger partial charge < -0.3 is 14.6 Å². The minimum absolute atomic E-state index is 0.202. The Bertz CT molecular complexity index is 1300. The molecule has 0 radical (unpaired) electrons. The molecule has 0 aliphatic heterocycles. The summed E-state index contributed by atoms with van der Waals surface area (Å²) >= 11 is 0. The molecular formula is C26H22N4O2. The molecule has 3 aromatic carbocycles. The van der Waals surface area contributed by atoms with Crippen LogP contribution in [0.5, 0.6) is 5.75 Å². The highest BCUT2D eigenvalue weighted by Gasteiger charge is 2.11. The first-order chi connectivity index (χ1) is 15.5. The van der Waals surface area contributed by atoms with Gasteiger partial charge in [0.15, 0.2) is 0 Å². The zero-order valence-electron chi connectivity index (χ0n) is 17.9. The molecule has 0 saturated heterocycles. The summed E-state index contributed by atoms with van der Waals surface area (Å²) in [6.45, 7) is 2.24. The van der Waals surface area contributed by atoms with E-state index in [4.69, 9.17) is 4.74 Å². The van der Waals surface area contributed by atoms with Gasteiger partial charge in [-0.1, -0.05) is 30.3 Å². The lowest BCUT2D eigenvalue weighted by Crippen LogP contribution is -2.13. The molecule has 0 aliphatic carbocycles. The number of benzene rings is 3. The third-order valence-corrected chi connectivity index (χ3v) is 5.21. The molecule has 0 bridgehead atoms. The van der Waals surface area contributed by atoms with Crippen molar-refractivity contribution in [2.75, 3.05) is 5.32 Å². The lowest BCUT2D eigenvalue weighted by Gasteiger charge is -2.12. The van der Waals surface area contributed by atoms with E-state index < -0.39 is 0 Å². The number of nitriles is 1. The predicted molar refractivity (Wildman–Crippen MR) is 123 cm³/mol. The number of carbonyl (C=O) groups excluding carboxylic acids is 1. The van der Waals surface area contributed by atoms with Crippen molar-refractivity contribution in [2.24, 2.45) is 7.05 Å². The fourth-order valence-electron chi connectivity index (χ4n) is 3.35. The Balaban J connectivity index is 1.44. The van der Waals surface area contributed by atoms with Gasteiger partial charge in [0.05, 0.1) is 11.6 Å². The summed E-state index contributed by atoms with van der Waals surface area (Å²) in [7, 11) is 1.93. The first kappa shape index (κ1) is 20.9. The van der Waals surface area contributed by atoms with Crippen LogP contribution in [-0.2, 0) is 13.7 Å². The standard InChI is InChI=1S/C26H22N4O2/c1-18-7-8-20(25-28-13-14-30(25)2)15-24(18)29-26(31)19-9-11-23(12-10-19)32-17-22-6-4-3-5-21(22)16-27/h3-15H,17H2,1-2H3,(H,29,31).